The van der Waals surface area contributed by atoms with Crippen molar-refractivity contribution >= 4 is 45.3 Å². The Labute approximate surface area is 131 Å². The van der Waals surface area contributed by atoms with Gasteiger partial charge in [-0.05, 0) is 34.1 Å². The van der Waals surface area contributed by atoms with Crippen LogP contribution in [0.25, 0.3) is 5.69 Å². The smallest absolute Gasteiger partial charge is 0.313 e. The molecule has 0 saturated heterocycles. The standard InChI is InChI=1S/C11H9BrClN3O3S/c12-7-3-6(1-2-8(7)13)16-9(4-17)14-15-11(16)20-5-10(18)19/h1-3,17H,4-5H2,(H,18,19). The van der Waals surface area contributed by atoms with Crippen molar-refractivity contribution < 1.29 is 15.0 Å². The number of thioether (sulfide) groups is 1. The number of carboxylic acids is 1. The molecule has 0 spiro atoms. The monoisotopic (exact) mass is 377 g/mol. The molecule has 0 aliphatic rings. The minimum Gasteiger partial charge on any atom is -0.481 e. The molecule has 0 amide bonds. The fraction of sp³-hybridized carbons (Fsp3) is 0.182. The van der Waals surface area contributed by atoms with Gasteiger partial charge in [-0.3, -0.25) is 9.36 Å². The third-order valence-electron chi connectivity index (χ3n) is 2.33. The van der Waals surface area contributed by atoms with Crippen molar-refractivity contribution in [2.45, 2.75) is 11.8 Å². The summed E-state index contributed by atoms with van der Waals surface area (Å²) in [5.41, 5.74) is 0.684. The highest BCUT2D eigenvalue weighted by atomic mass is 79.9. The first kappa shape index (κ1) is 15.3. The third-order valence-corrected chi connectivity index (χ3v) is 4.46. The summed E-state index contributed by atoms with van der Waals surface area (Å²) < 4.78 is 2.28. The van der Waals surface area contributed by atoms with Gasteiger partial charge in [0.1, 0.15) is 6.61 Å². The molecule has 0 saturated carbocycles. The van der Waals surface area contributed by atoms with E-state index in [-0.39, 0.29) is 12.4 Å². The Morgan fingerprint density at radius 1 is 1.45 bits per heavy atom. The maximum Gasteiger partial charge on any atom is 0.313 e. The zero-order chi connectivity index (χ0) is 14.7. The molecule has 2 aromatic rings. The molecule has 1 heterocycles. The Balaban J connectivity index is 2.44. The second-order valence-corrected chi connectivity index (χ2v) is 5.88. The molecule has 20 heavy (non-hydrogen) atoms. The fourth-order valence-corrected chi connectivity index (χ4v) is 2.68. The second-order valence-electron chi connectivity index (χ2n) is 3.67. The normalized spacial score (nSPS) is 10.8. The lowest BCUT2D eigenvalue weighted by atomic mass is 10.3. The first-order valence-corrected chi connectivity index (χ1v) is 7.53. The van der Waals surface area contributed by atoms with Gasteiger partial charge in [0.25, 0.3) is 0 Å². The van der Waals surface area contributed by atoms with E-state index in [1.165, 1.54) is 0 Å². The maximum atomic E-state index is 10.6. The first-order chi connectivity index (χ1) is 9.52. The molecule has 6 nitrogen and oxygen atoms in total. The van der Waals surface area contributed by atoms with Crippen molar-refractivity contribution in [3.05, 3.63) is 33.5 Å². The highest BCUT2D eigenvalue weighted by Gasteiger charge is 2.15. The van der Waals surface area contributed by atoms with Gasteiger partial charge in [-0.2, -0.15) is 0 Å². The Hall–Kier alpha value is -1.09. The van der Waals surface area contributed by atoms with Gasteiger partial charge in [0.2, 0.25) is 0 Å². The summed E-state index contributed by atoms with van der Waals surface area (Å²) in [6.45, 7) is -0.305. The molecule has 0 aliphatic heterocycles. The van der Waals surface area contributed by atoms with Crippen molar-refractivity contribution in [3.63, 3.8) is 0 Å². The van der Waals surface area contributed by atoms with E-state index in [0.29, 0.717) is 26.2 Å². The lowest BCUT2D eigenvalue weighted by Crippen LogP contribution is -2.05. The number of aliphatic hydroxyl groups is 1. The van der Waals surface area contributed by atoms with Crippen LogP contribution in [-0.2, 0) is 11.4 Å². The summed E-state index contributed by atoms with van der Waals surface area (Å²) in [6.07, 6.45) is 0. The van der Waals surface area contributed by atoms with Crippen LogP contribution in [0.15, 0.2) is 27.8 Å². The Morgan fingerprint density at radius 3 is 2.80 bits per heavy atom. The topological polar surface area (TPSA) is 88.2 Å². The minimum absolute atomic E-state index is 0.141. The molecule has 106 valence electrons. The molecule has 1 aromatic heterocycles. The highest BCUT2D eigenvalue weighted by molar-refractivity contribution is 9.10. The van der Waals surface area contributed by atoms with Gasteiger partial charge in [0.15, 0.2) is 11.0 Å². The number of benzene rings is 1. The summed E-state index contributed by atoms with van der Waals surface area (Å²) in [5.74, 6) is -0.766. The summed E-state index contributed by atoms with van der Waals surface area (Å²) in [4.78, 5) is 10.6. The predicted molar refractivity (Wildman–Crippen MR) is 78.4 cm³/mol. The molecule has 0 unspecified atom stereocenters. The first-order valence-electron chi connectivity index (χ1n) is 5.38. The van der Waals surface area contributed by atoms with Crippen LogP contribution >= 0.6 is 39.3 Å². The van der Waals surface area contributed by atoms with E-state index >= 15 is 0 Å². The number of aromatic nitrogens is 3. The van der Waals surface area contributed by atoms with Crippen LogP contribution in [0.3, 0.4) is 0 Å². The van der Waals surface area contributed by atoms with Crippen molar-refractivity contribution in [2.75, 3.05) is 5.75 Å². The Kier molecular flexibility index (Phi) is 5.03. The number of rotatable bonds is 5. The average molecular weight is 379 g/mol. The molecule has 0 aliphatic carbocycles. The number of carbonyl (C=O) groups is 1. The van der Waals surface area contributed by atoms with E-state index in [9.17, 15) is 9.90 Å². The summed E-state index contributed by atoms with van der Waals surface area (Å²) in [7, 11) is 0. The van der Waals surface area contributed by atoms with E-state index in [1.807, 2.05) is 0 Å². The number of carboxylic acid groups (broad SMARTS) is 1. The van der Waals surface area contributed by atoms with Crippen LogP contribution in [0.5, 0.6) is 0 Å². The van der Waals surface area contributed by atoms with E-state index < -0.39 is 5.97 Å². The van der Waals surface area contributed by atoms with Gasteiger partial charge in [-0.15, -0.1) is 10.2 Å². The van der Waals surface area contributed by atoms with Crippen LogP contribution in [0.2, 0.25) is 5.02 Å². The largest absolute Gasteiger partial charge is 0.481 e. The molecule has 0 bridgehead atoms. The highest BCUT2D eigenvalue weighted by Crippen LogP contribution is 2.28. The minimum atomic E-state index is -0.951. The van der Waals surface area contributed by atoms with Gasteiger partial charge in [0.05, 0.1) is 16.5 Å². The summed E-state index contributed by atoms with van der Waals surface area (Å²) >= 11 is 10.3. The van der Waals surface area contributed by atoms with Gasteiger partial charge in [-0.25, -0.2) is 0 Å². The van der Waals surface area contributed by atoms with Crippen LogP contribution in [0.4, 0.5) is 0 Å². The molecule has 0 atom stereocenters. The lowest BCUT2D eigenvalue weighted by molar-refractivity contribution is -0.133. The van der Waals surface area contributed by atoms with Gasteiger partial charge in [0, 0.05) is 4.47 Å². The number of hydrogen-bond acceptors (Lipinski definition) is 5. The number of nitrogens with zero attached hydrogens (tertiary/aromatic N) is 3. The summed E-state index contributed by atoms with van der Waals surface area (Å²) in [6, 6.07) is 5.17. The molecule has 0 radical (unpaired) electrons. The van der Waals surface area contributed by atoms with Crippen LogP contribution in [0, 0.1) is 0 Å². The van der Waals surface area contributed by atoms with Crippen molar-refractivity contribution in [1.29, 1.82) is 0 Å². The van der Waals surface area contributed by atoms with Crippen LogP contribution in [0.1, 0.15) is 5.82 Å². The van der Waals surface area contributed by atoms with E-state index in [2.05, 4.69) is 26.1 Å². The molecule has 1 aromatic carbocycles. The van der Waals surface area contributed by atoms with Gasteiger partial charge >= 0.3 is 5.97 Å². The van der Waals surface area contributed by atoms with E-state index in [0.717, 1.165) is 11.8 Å². The molecule has 9 heteroatoms. The average Bonchev–Trinajstić information content (AvgIpc) is 2.82. The van der Waals surface area contributed by atoms with Crippen LogP contribution in [-0.4, -0.2) is 36.7 Å². The quantitative estimate of drug-likeness (QED) is 0.777. The molecule has 2 rings (SSSR count). The van der Waals surface area contributed by atoms with Crippen molar-refractivity contribution in [2.24, 2.45) is 0 Å². The molecular weight excluding hydrogens is 370 g/mol. The predicted octanol–water partition coefficient (Wildman–Crippen LogP) is 2.35. The van der Waals surface area contributed by atoms with E-state index in [4.69, 9.17) is 16.7 Å². The van der Waals surface area contributed by atoms with Crippen LogP contribution < -0.4 is 0 Å². The molecule has 0 fully saturated rings. The zero-order valence-corrected chi connectivity index (χ0v) is 13.1. The fourth-order valence-electron chi connectivity index (χ4n) is 1.51. The molecule has 2 N–H and O–H groups in total. The number of aliphatic hydroxyl groups excluding tert-OH is 1. The van der Waals surface area contributed by atoms with E-state index in [1.54, 1.807) is 22.8 Å². The van der Waals surface area contributed by atoms with Crippen molar-refractivity contribution in [3.8, 4) is 5.69 Å². The van der Waals surface area contributed by atoms with Gasteiger partial charge < -0.3 is 10.2 Å². The summed E-state index contributed by atoms with van der Waals surface area (Å²) in [5, 5.41) is 26.7. The third kappa shape index (κ3) is 3.32. The zero-order valence-electron chi connectivity index (χ0n) is 9.95. The maximum absolute atomic E-state index is 10.6. The SMILES string of the molecule is O=C(O)CSc1nnc(CO)n1-c1ccc(Cl)c(Br)c1. The number of hydrogen-bond donors (Lipinski definition) is 2. The lowest BCUT2D eigenvalue weighted by Gasteiger charge is -2.09. The Morgan fingerprint density at radius 2 is 2.20 bits per heavy atom. The number of halogens is 2. The molecular formula is C11H9BrClN3O3S. The Bertz CT molecular complexity index is 650. The second kappa shape index (κ2) is 6.57. The van der Waals surface area contributed by atoms with Gasteiger partial charge in [-0.1, -0.05) is 23.4 Å². The van der Waals surface area contributed by atoms with Crippen molar-refractivity contribution in [1.82, 2.24) is 14.8 Å². The number of aliphatic carboxylic acids is 1.